The Labute approximate surface area is 183 Å². The fourth-order valence-electron chi connectivity index (χ4n) is 4.19. The average Bonchev–Trinajstić information content (AvgIpc) is 3.32. The maximum atomic E-state index is 12.8. The van der Waals surface area contributed by atoms with Crippen molar-refractivity contribution in [3.8, 4) is 0 Å². The van der Waals surface area contributed by atoms with Crippen molar-refractivity contribution >= 4 is 23.3 Å². The number of amides is 3. The zero-order valence-corrected chi connectivity index (χ0v) is 17.7. The number of hydrogen-bond acceptors (Lipinski definition) is 4. The van der Waals surface area contributed by atoms with E-state index in [2.05, 4.69) is 20.9 Å². The highest BCUT2D eigenvalue weighted by Gasteiger charge is 2.24. The molecule has 31 heavy (non-hydrogen) atoms. The third-order valence-corrected chi connectivity index (χ3v) is 5.87. The first-order valence-corrected chi connectivity index (χ1v) is 11.1. The van der Waals surface area contributed by atoms with Crippen molar-refractivity contribution in [3.05, 3.63) is 60.2 Å². The van der Waals surface area contributed by atoms with Gasteiger partial charge in [0.25, 0.3) is 5.91 Å². The van der Waals surface area contributed by atoms with Crippen molar-refractivity contribution < 1.29 is 14.3 Å². The van der Waals surface area contributed by atoms with Crippen LogP contribution < -0.4 is 20.9 Å². The van der Waals surface area contributed by atoms with Crippen LogP contribution in [0, 0.1) is 0 Å². The van der Waals surface area contributed by atoms with Gasteiger partial charge in [-0.3, -0.25) is 4.79 Å². The molecule has 0 radical (unpaired) electrons. The van der Waals surface area contributed by atoms with Crippen molar-refractivity contribution in [2.45, 2.75) is 37.8 Å². The first-order valence-electron chi connectivity index (χ1n) is 11.1. The van der Waals surface area contributed by atoms with Gasteiger partial charge in [0.15, 0.2) is 0 Å². The molecule has 2 aromatic rings. The minimum atomic E-state index is -0.182. The molecular weight excluding hydrogens is 392 g/mol. The largest absolute Gasteiger partial charge is 0.376 e. The molecule has 0 bridgehead atoms. The first-order chi connectivity index (χ1) is 15.2. The number of nitrogens with one attached hydrogen (secondary N) is 3. The molecule has 0 spiro atoms. The lowest BCUT2D eigenvalue weighted by Gasteiger charge is -2.34. The molecule has 3 N–H and O–H groups in total. The molecular formula is C24H30N4O3. The lowest BCUT2D eigenvalue weighted by atomic mass is 10.0. The number of hydrogen-bond donors (Lipinski definition) is 3. The second kappa shape index (κ2) is 10.3. The van der Waals surface area contributed by atoms with Crippen LogP contribution in [0.3, 0.4) is 0 Å². The molecule has 164 valence electrons. The summed E-state index contributed by atoms with van der Waals surface area (Å²) < 4.78 is 5.60. The molecule has 2 fully saturated rings. The molecule has 4 rings (SSSR count). The number of carbonyl (C=O) groups is 2. The molecule has 2 aromatic carbocycles. The summed E-state index contributed by atoms with van der Waals surface area (Å²) in [6.07, 6.45) is 3.84. The predicted octanol–water partition coefficient (Wildman–Crippen LogP) is 3.39. The van der Waals surface area contributed by atoms with Gasteiger partial charge in [0.2, 0.25) is 0 Å². The lowest BCUT2D eigenvalue weighted by molar-refractivity contribution is 0.0858. The van der Waals surface area contributed by atoms with Crippen LogP contribution in [-0.4, -0.2) is 50.3 Å². The van der Waals surface area contributed by atoms with E-state index in [1.54, 1.807) is 0 Å². The highest BCUT2D eigenvalue weighted by Crippen LogP contribution is 2.24. The molecule has 2 heterocycles. The van der Waals surface area contributed by atoms with Crippen LogP contribution >= 0.6 is 0 Å². The van der Waals surface area contributed by atoms with Gasteiger partial charge >= 0.3 is 6.03 Å². The third kappa shape index (κ3) is 5.76. The van der Waals surface area contributed by atoms with Crippen LogP contribution in [0.1, 0.15) is 36.0 Å². The standard InChI is InChI=1S/C24H30N4O3/c29-23(25-17-20-9-6-16-31-20)21-10-4-5-11-22(21)28-14-12-19(13-15-28)27-24(30)26-18-7-2-1-3-8-18/h1-5,7-8,10-11,19-20H,6,9,12-17H2,(H,25,29)(H2,26,27,30)/t20-/m1/s1. The number of piperidine rings is 1. The molecule has 0 aromatic heterocycles. The van der Waals surface area contributed by atoms with Gasteiger partial charge < -0.3 is 25.6 Å². The summed E-state index contributed by atoms with van der Waals surface area (Å²) in [5.41, 5.74) is 2.41. The zero-order valence-electron chi connectivity index (χ0n) is 17.7. The lowest BCUT2D eigenvalue weighted by Crippen LogP contribution is -2.46. The Morgan fingerprint density at radius 3 is 2.45 bits per heavy atom. The van der Waals surface area contributed by atoms with Gasteiger partial charge in [-0.25, -0.2) is 4.79 Å². The first kappa shape index (κ1) is 21.2. The number of benzene rings is 2. The second-order valence-corrected chi connectivity index (χ2v) is 8.09. The maximum Gasteiger partial charge on any atom is 0.319 e. The molecule has 3 amide bonds. The molecule has 0 saturated carbocycles. The van der Waals surface area contributed by atoms with Crippen LogP contribution in [0.5, 0.6) is 0 Å². The third-order valence-electron chi connectivity index (χ3n) is 5.87. The Bertz CT molecular complexity index is 875. The topological polar surface area (TPSA) is 82.7 Å². The van der Waals surface area contributed by atoms with Crippen LogP contribution in [0.4, 0.5) is 16.2 Å². The number of carbonyl (C=O) groups excluding carboxylic acids is 2. The maximum absolute atomic E-state index is 12.8. The van der Waals surface area contributed by atoms with E-state index < -0.39 is 0 Å². The normalized spacial score (nSPS) is 19.1. The van der Waals surface area contributed by atoms with E-state index in [-0.39, 0.29) is 24.1 Å². The van der Waals surface area contributed by atoms with Crippen LogP contribution in [0.2, 0.25) is 0 Å². The van der Waals surface area contributed by atoms with E-state index in [1.807, 2.05) is 54.6 Å². The average molecular weight is 423 g/mol. The highest BCUT2D eigenvalue weighted by atomic mass is 16.5. The number of para-hydroxylation sites is 2. The highest BCUT2D eigenvalue weighted by molar-refractivity contribution is 5.99. The van der Waals surface area contributed by atoms with Gasteiger partial charge in [0.05, 0.1) is 11.7 Å². The predicted molar refractivity (Wildman–Crippen MR) is 122 cm³/mol. The number of anilines is 2. The molecule has 1 atom stereocenters. The monoisotopic (exact) mass is 422 g/mol. The van der Waals surface area contributed by atoms with Gasteiger partial charge in [0.1, 0.15) is 0 Å². The second-order valence-electron chi connectivity index (χ2n) is 8.09. The van der Waals surface area contributed by atoms with E-state index in [0.29, 0.717) is 12.1 Å². The molecule has 0 aliphatic carbocycles. The zero-order chi connectivity index (χ0) is 21.5. The van der Waals surface area contributed by atoms with E-state index in [0.717, 1.165) is 56.8 Å². The molecule has 7 nitrogen and oxygen atoms in total. The Morgan fingerprint density at radius 1 is 0.968 bits per heavy atom. The summed E-state index contributed by atoms with van der Waals surface area (Å²) >= 11 is 0. The summed E-state index contributed by atoms with van der Waals surface area (Å²) in [5, 5.41) is 8.95. The van der Waals surface area contributed by atoms with Crippen LogP contribution in [0.25, 0.3) is 0 Å². The SMILES string of the molecule is O=C(Nc1ccccc1)NC1CCN(c2ccccc2C(=O)NC[C@H]2CCCO2)CC1. The van der Waals surface area contributed by atoms with E-state index in [9.17, 15) is 9.59 Å². The van der Waals surface area contributed by atoms with E-state index in [4.69, 9.17) is 4.74 Å². The number of rotatable bonds is 6. The van der Waals surface area contributed by atoms with Gasteiger partial charge in [-0.15, -0.1) is 0 Å². The summed E-state index contributed by atoms with van der Waals surface area (Å²) in [6.45, 7) is 2.90. The molecule has 2 aliphatic heterocycles. The molecule has 0 unspecified atom stereocenters. The Morgan fingerprint density at radius 2 is 1.71 bits per heavy atom. The fraction of sp³-hybridized carbons (Fsp3) is 0.417. The Kier molecular flexibility index (Phi) is 7.04. The van der Waals surface area contributed by atoms with Gasteiger partial charge in [-0.05, 0) is 49.9 Å². The quantitative estimate of drug-likeness (QED) is 0.667. The van der Waals surface area contributed by atoms with Gasteiger partial charge in [0, 0.05) is 43.7 Å². The van der Waals surface area contributed by atoms with Crippen molar-refractivity contribution in [3.63, 3.8) is 0 Å². The van der Waals surface area contributed by atoms with Crippen LogP contribution in [0.15, 0.2) is 54.6 Å². The minimum Gasteiger partial charge on any atom is -0.376 e. The number of ether oxygens (including phenoxy) is 1. The van der Waals surface area contributed by atoms with Crippen molar-refractivity contribution in [1.82, 2.24) is 10.6 Å². The summed E-state index contributed by atoms with van der Waals surface area (Å²) in [7, 11) is 0. The van der Waals surface area contributed by atoms with Crippen molar-refractivity contribution in [2.75, 3.05) is 36.5 Å². The Balaban J connectivity index is 1.29. The van der Waals surface area contributed by atoms with E-state index in [1.165, 1.54) is 0 Å². The minimum absolute atomic E-state index is 0.0615. The summed E-state index contributed by atoms with van der Waals surface area (Å²) in [5.74, 6) is -0.0615. The van der Waals surface area contributed by atoms with E-state index >= 15 is 0 Å². The smallest absolute Gasteiger partial charge is 0.319 e. The summed E-state index contributed by atoms with van der Waals surface area (Å²) in [6, 6.07) is 17.1. The van der Waals surface area contributed by atoms with Crippen molar-refractivity contribution in [2.24, 2.45) is 0 Å². The van der Waals surface area contributed by atoms with Gasteiger partial charge in [-0.2, -0.15) is 0 Å². The van der Waals surface area contributed by atoms with Gasteiger partial charge in [-0.1, -0.05) is 30.3 Å². The molecule has 2 saturated heterocycles. The number of nitrogens with zero attached hydrogens (tertiary/aromatic N) is 1. The fourth-order valence-corrected chi connectivity index (χ4v) is 4.19. The Hall–Kier alpha value is -3.06. The molecule has 2 aliphatic rings. The summed E-state index contributed by atoms with van der Waals surface area (Å²) in [4.78, 5) is 27.3. The van der Waals surface area contributed by atoms with Crippen LogP contribution in [-0.2, 0) is 4.74 Å². The van der Waals surface area contributed by atoms with Crippen molar-refractivity contribution in [1.29, 1.82) is 0 Å². The molecule has 7 heteroatoms. The number of urea groups is 1.